The zero-order valence-electron chi connectivity index (χ0n) is 19.1. The van der Waals surface area contributed by atoms with Crippen LogP contribution in [0.5, 0.6) is 5.75 Å². The summed E-state index contributed by atoms with van der Waals surface area (Å²) >= 11 is 0. The summed E-state index contributed by atoms with van der Waals surface area (Å²) in [5.41, 5.74) is 3.72. The lowest BCUT2D eigenvalue weighted by Gasteiger charge is -2.35. The van der Waals surface area contributed by atoms with Crippen molar-refractivity contribution in [3.63, 3.8) is 0 Å². The maximum atomic E-state index is 5.76. The molecule has 2 heterocycles. The van der Waals surface area contributed by atoms with Crippen molar-refractivity contribution in [1.29, 1.82) is 0 Å². The van der Waals surface area contributed by atoms with Gasteiger partial charge < -0.3 is 14.2 Å². The van der Waals surface area contributed by atoms with E-state index in [1.54, 1.807) is 7.11 Å². The SMILES string of the molecule is COc1cccc(N2CCN(Cc3nc(C4(c5ccc(C)cc5)CCCC4)no3)CC2)c1. The van der Waals surface area contributed by atoms with E-state index in [-0.39, 0.29) is 5.41 Å². The molecule has 1 saturated carbocycles. The Kier molecular flexibility index (Phi) is 5.87. The molecule has 0 radical (unpaired) electrons. The molecule has 6 nitrogen and oxygen atoms in total. The highest BCUT2D eigenvalue weighted by Gasteiger charge is 2.41. The van der Waals surface area contributed by atoms with Crippen molar-refractivity contribution in [3.8, 4) is 5.75 Å². The Balaban J connectivity index is 1.25. The largest absolute Gasteiger partial charge is 0.497 e. The molecule has 1 aliphatic carbocycles. The van der Waals surface area contributed by atoms with E-state index in [0.717, 1.165) is 56.5 Å². The van der Waals surface area contributed by atoms with E-state index >= 15 is 0 Å². The lowest BCUT2D eigenvalue weighted by atomic mass is 9.78. The molecule has 2 aliphatic rings. The van der Waals surface area contributed by atoms with Crippen LogP contribution in [0, 0.1) is 6.92 Å². The molecule has 2 aromatic carbocycles. The highest BCUT2D eigenvalue weighted by atomic mass is 16.5. The molecular formula is C26H32N4O2. The molecule has 32 heavy (non-hydrogen) atoms. The van der Waals surface area contributed by atoms with Gasteiger partial charge in [0.1, 0.15) is 5.75 Å². The van der Waals surface area contributed by atoms with Gasteiger partial charge in [-0.25, -0.2) is 0 Å². The fraction of sp³-hybridized carbons (Fsp3) is 0.462. The van der Waals surface area contributed by atoms with Crippen LogP contribution in [0.25, 0.3) is 0 Å². The third-order valence-electron chi connectivity index (χ3n) is 7.11. The first kappa shape index (κ1) is 21.0. The van der Waals surface area contributed by atoms with E-state index in [1.165, 1.54) is 29.7 Å². The van der Waals surface area contributed by atoms with Crippen molar-refractivity contribution in [2.45, 2.75) is 44.6 Å². The zero-order chi connectivity index (χ0) is 22.0. The number of methoxy groups -OCH3 is 1. The standard InChI is InChI=1S/C26H32N4O2/c1-20-8-10-21(11-9-20)26(12-3-4-13-26)25-27-24(32-28-25)19-29-14-16-30(17-15-29)22-6-5-7-23(18-22)31-2/h5-11,18H,3-4,12-17,19H2,1-2H3. The smallest absolute Gasteiger partial charge is 0.240 e. The predicted octanol–water partition coefficient (Wildman–Crippen LogP) is 4.57. The molecule has 2 fully saturated rings. The van der Waals surface area contributed by atoms with Crippen molar-refractivity contribution < 1.29 is 9.26 Å². The highest BCUT2D eigenvalue weighted by Crippen LogP contribution is 2.45. The summed E-state index contributed by atoms with van der Waals surface area (Å²) in [6, 6.07) is 17.2. The Hall–Kier alpha value is -2.86. The third-order valence-corrected chi connectivity index (χ3v) is 7.11. The van der Waals surface area contributed by atoms with Crippen molar-refractivity contribution >= 4 is 5.69 Å². The number of hydrogen-bond donors (Lipinski definition) is 0. The summed E-state index contributed by atoms with van der Waals surface area (Å²) < 4.78 is 11.1. The minimum atomic E-state index is -0.0967. The quantitative estimate of drug-likeness (QED) is 0.569. The molecule has 0 amide bonds. The van der Waals surface area contributed by atoms with Gasteiger partial charge in [0, 0.05) is 37.9 Å². The molecule has 1 aliphatic heterocycles. The monoisotopic (exact) mass is 432 g/mol. The van der Waals surface area contributed by atoms with Crippen LogP contribution in [0.4, 0.5) is 5.69 Å². The van der Waals surface area contributed by atoms with Crippen molar-refractivity contribution in [3.05, 3.63) is 71.4 Å². The van der Waals surface area contributed by atoms with Crippen LogP contribution in [0.2, 0.25) is 0 Å². The number of aryl methyl sites for hydroxylation is 1. The Morgan fingerprint density at radius 2 is 1.75 bits per heavy atom. The summed E-state index contributed by atoms with van der Waals surface area (Å²) in [7, 11) is 1.71. The molecule has 6 heteroatoms. The van der Waals surface area contributed by atoms with Gasteiger partial charge in [-0.3, -0.25) is 4.90 Å². The molecule has 1 saturated heterocycles. The van der Waals surface area contributed by atoms with Crippen LogP contribution in [-0.4, -0.2) is 48.3 Å². The average molecular weight is 433 g/mol. The van der Waals surface area contributed by atoms with E-state index in [9.17, 15) is 0 Å². The molecule has 0 bridgehead atoms. The van der Waals surface area contributed by atoms with E-state index in [1.807, 2.05) is 12.1 Å². The van der Waals surface area contributed by atoms with Crippen LogP contribution in [0.3, 0.4) is 0 Å². The van der Waals surface area contributed by atoms with Gasteiger partial charge in [-0.1, -0.05) is 53.9 Å². The Morgan fingerprint density at radius 1 is 1.00 bits per heavy atom. The minimum absolute atomic E-state index is 0.0967. The van der Waals surface area contributed by atoms with Crippen LogP contribution >= 0.6 is 0 Å². The van der Waals surface area contributed by atoms with Crippen molar-refractivity contribution in [1.82, 2.24) is 15.0 Å². The molecule has 5 rings (SSSR count). The van der Waals surface area contributed by atoms with E-state index in [0.29, 0.717) is 6.54 Å². The van der Waals surface area contributed by atoms with Crippen molar-refractivity contribution in [2.75, 3.05) is 38.2 Å². The summed E-state index contributed by atoms with van der Waals surface area (Å²) in [6.45, 7) is 6.73. The van der Waals surface area contributed by atoms with Gasteiger partial charge in [0.25, 0.3) is 0 Å². The fourth-order valence-electron chi connectivity index (χ4n) is 5.17. The molecule has 168 valence electrons. The Labute approximate surface area is 190 Å². The first-order valence-electron chi connectivity index (χ1n) is 11.7. The first-order chi connectivity index (χ1) is 15.7. The number of nitrogens with zero attached hydrogens (tertiary/aromatic N) is 4. The van der Waals surface area contributed by atoms with Crippen LogP contribution in [0.15, 0.2) is 53.1 Å². The van der Waals surface area contributed by atoms with E-state index in [2.05, 4.69) is 58.3 Å². The highest BCUT2D eigenvalue weighted by molar-refractivity contribution is 5.51. The molecule has 0 unspecified atom stereocenters. The molecule has 0 spiro atoms. The summed E-state index contributed by atoms with van der Waals surface area (Å²) in [6.07, 6.45) is 4.61. The van der Waals surface area contributed by atoms with E-state index in [4.69, 9.17) is 14.2 Å². The van der Waals surface area contributed by atoms with Gasteiger partial charge in [-0.2, -0.15) is 4.98 Å². The van der Waals surface area contributed by atoms with Gasteiger partial charge >= 0.3 is 0 Å². The first-order valence-corrected chi connectivity index (χ1v) is 11.7. The average Bonchev–Trinajstić information content (AvgIpc) is 3.51. The number of benzene rings is 2. The molecule has 0 atom stereocenters. The third kappa shape index (κ3) is 4.11. The maximum Gasteiger partial charge on any atom is 0.240 e. The fourth-order valence-corrected chi connectivity index (χ4v) is 5.17. The summed E-state index contributed by atoms with van der Waals surface area (Å²) in [5.74, 6) is 2.50. The van der Waals surface area contributed by atoms with Gasteiger partial charge in [0.05, 0.1) is 19.1 Å². The van der Waals surface area contributed by atoms with Crippen LogP contribution in [0.1, 0.15) is 48.5 Å². The number of aromatic nitrogens is 2. The molecule has 1 aromatic heterocycles. The second kappa shape index (κ2) is 8.94. The number of hydrogen-bond acceptors (Lipinski definition) is 6. The summed E-state index contributed by atoms with van der Waals surface area (Å²) in [4.78, 5) is 9.72. The van der Waals surface area contributed by atoms with Gasteiger partial charge in [-0.15, -0.1) is 0 Å². The maximum absolute atomic E-state index is 5.76. The minimum Gasteiger partial charge on any atom is -0.497 e. The van der Waals surface area contributed by atoms with E-state index < -0.39 is 0 Å². The number of ether oxygens (including phenoxy) is 1. The molecule has 0 N–H and O–H groups in total. The van der Waals surface area contributed by atoms with Crippen LogP contribution in [-0.2, 0) is 12.0 Å². The number of rotatable bonds is 6. The lowest BCUT2D eigenvalue weighted by molar-refractivity contribution is 0.215. The van der Waals surface area contributed by atoms with Gasteiger partial charge in [0.2, 0.25) is 5.89 Å². The lowest BCUT2D eigenvalue weighted by Crippen LogP contribution is -2.46. The number of anilines is 1. The predicted molar refractivity (Wildman–Crippen MR) is 125 cm³/mol. The number of piperazine rings is 1. The second-order valence-electron chi connectivity index (χ2n) is 9.13. The Bertz CT molecular complexity index is 1030. The normalized spacial score (nSPS) is 18.8. The second-order valence-corrected chi connectivity index (χ2v) is 9.13. The van der Waals surface area contributed by atoms with Gasteiger partial charge in [0.15, 0.2) is 5.82 Å². The van der Waals surface area contributed by atoms with Crippen LogP contribution < -0.4 is 9.64 Å². The zero-order valence-corrected chi connectivity index (χ0v) is 19.1. The Morgan fingerprint density at radius 3 is 2.47 bits per heavy atom. The topological polar surface area (TPSA) is 54.6 Å². The van der Waals surface area contributed by atoms with Gasteiger partial charge in [-0.05, 0) is 37.5 Å². The van der Waals surface area contributed by atoms with Crippen molar-refractivity contribution in [2.24, 2.45) is 0 Å². The summed E-state index contributed by atoms with van der Waals surface area (Å²) in [5, 5.41) is 4.48. The molecular weight excluding hydrogens is 400 g/mol. The molecule has 3 aromatic rings.